The number of rotatable bonds is 8. The number of aromatic nitrogens is 3. The number of nitrogens with one attached hydrogen (secondary N) is 2. The highest BCUT2D eigenvalue weighted by atomic mass is 35.5. The molecule has 0 spiro atoms. The summed E-state index contributed by atoms with van der Waals surface area (Å²) >= 11 is 13.4. The largest absolute Gasteiger partial charge is 0.342 e. The van der Waals surface area contributed by atoms with Gasteiger partial charge in [0.05, 0.1) is 27.5 Å². The van der Waals surface area contributed by atoms with Gasteiger partial charge in [-0.05, 0) is 37.1 Å². The molecule has 174 valence electrons. The van der Waals surface area contributed by atoms with Crippen LogP contribution in [0.15, 0.2) is 47.6 Å². The quantitative estimate of drug-likeness (QED) is 0.406. The smallest absolute Gasteiger partial charge is 0.251 e. The monoisotopic (exact) mass is 505 g/mol. The Bertz CT molecular complexity index is 1170. The van der Waals surface area contributed by atoms with E-state index in [4.69, 9.17) is 23.2 Å². The van der Waals surface area contributed by atoms with Crippen molar-refractivity contribution in [3.05, 3.63) is 69.5 Å². The van der Waals surface area contributed by atoms with E-state index in [0.29, 0.717) is 32.3 Å². The summed E-state index contributed by atoms with van der Waals surface area (Å²) in [5, 5.41) is 15.6. The molecule has 0 unspecified atom stereocenters. The molecular formula is C23H25Cl2N5O2S. The van der Waals surface area contributed by atoms with Gasteiger partial charge in [0.25, 0.3) is 5.91 Å². The molecule has 0 radical (unpaired) electrons. The highest BCUT2D eigenvalue weighted by Crippen LogP contribution is 2.30. The molecule has 1 atom stereocenters. The lowest BCUT2D eigenvalue weighted by Gasteiger charge is -2.21. The van der Waals surface area contributed by atoms with Crippen molar-refractivity contribution in [3.8, 4) is 0 Å². The Morgan fingerprint density at radius 2 is 1.85 bits per heavy atom. The number of halogens is 2. The summed E-state index contributed by atoms with van der Waals surface area (Å²) in [5.74, 6) is 0.380. The highest BCUT2D eigenvalue weighted by Gasteiger charge is 2.25. The minimum absolute atomic E-state index is 0.0766. The third-order valence-electron chi connectivity index (χ3n) is 4.94. The average molecular weight is 506 g/mol. The third kappa shape index (κ3) is 6.28. The molecule has 10 heteroatoms. The summed E-state index contributed by atoms with van der Waals surface area (Å²) in [5.41, 5.74) is 2.05. The Kier molecular flexibility index (Phi) is 8.40. The minimum Gasteiger partial charge on any atom is -0.342 e. The number of hydrogen-bond acceptors (Lipinski definition) is 5. The summed E-state index contributed by atoms with van der Waals surface area (Å²) in [6.07, 6.45) is 0. The average Bonchev–Trinajstić information content (AvgIpc) is 3.13. The van der Waals surface area contributed by atoms with Gasteiger partial charge in [0.15, 0.2) is 11.0 Å². The van der Waals surface area contributed by atoms with Gasteiger partial charge in [-0.15, -0.1) is 10.2 Å². The fourth-order valence-electron chi connectivity index (χ4n) is 3.18. The summed E-state index contributed by atoms with van der Waals surface area (Å²) < 4.78 is 1.80. The number of anilines is 1. The van der Waals surface area contributed by atoms with Crippen molar-refractivity contribution in [1.82, 2.24) is 20.1 Å². The number of thioether (sulfide) groups is 1. The molecule has 0 aliphatic rings. The lowest BCUT2D eigenvalue weighted by atomic mass is 10.0. The molecule has 3 rings (SSSR count). The second kappa shape index (κ2) is 11.0. The number of amides is 2. The molecule has 2 N–H and O–H groups in total. The molecule has 1 heterocycles. The van der Waals surface area contributed by atoms with Gasteiger partial charge in [-0.2, -0.15) is 0 Å². The minimum atomic E-state index is -0.344. The zero-order valence-electron chi connectivity index (χ0n) is 18.7. The fourth-order valence-corrected chi connectivity index (χ4v) is 4.25. The molecule has 7 nitrogen and oxygen atoms in total. The predicted octanol–water partition coefficient (Wildman–Crippen LogP) is 5.29. The molecule has 33 heavy (non-hydrogen) atoms. The van der Waals surface area contributed by atoms with Crippen LogP contribution in [0.3, 0.4) is 0 Å². The van der Waals surface area contributed by atoms with Crippen molar-refractivity contribution < 1.29 is 9.59 Å². The molecule has 2 aromatic carbocycles. The summed E-state index contributed by atoms with van der Waals surface area (Å²) in [7, 11) is 1.82. The van der Waals surface area contributed by atoms with E-state index >= 15 is 0 Å². The number of nitrogens with zero attached hydrogens (tertiary/aromatic N) is 3. The first kappa shape index (κ1) is 25.1. The fraction of sp³-hybridized carbons (Fsp3) is 0.304. The summed E-state index contributed by atoms with van der Waals surface area (Å²) in [6, 6.07) is 12.1. The zero-order valence-corrected chi connectivity index (χ0v) is 21.1. The lowest BCUT2D eigenvalue weighted by Crippen LogP contribution is -2.33. The first-order valence-electron chi connectivity index (χ1n) is 10.3. The van der Waals surface area contributed by atoms with Gasteiger partial charge in [0, 0.05) is 12.6 Å². The number of carbonyl (C=O) groups excluding carboxylic acids is 2. The van der Waals surface area contributed by atoms with Gasteiger partial charge in [-0.3, -0.25) is 9.59 Å². The molecule has 1 aromatic heterocycles. The first-order chi connectivity index (χ1) is 15.7. The molecule has 3 aromatic rings. The Morgan fingerprint density at radius 3 is 2.55 bits per heavy atom. The Morgan fingerprint density at radius 1 is 1.12 bits per heavy atom. The normalized spacial score (nSPS) is 12.0. The molecule has 0 aliphatic carbocycles. The van der Waals surface area contributed by atoms with E-state index in [2.05, 4.69) is 20.8 Å². The van der Waals surface area contributed by atoms with Crippen LogP contribution in [-0.2, 0) is 11.8 Å². The van der Waals surface area contributed by atoms with Crippen LogP contribution in [0, 0.1) is 12.8 Å². The van der Waals surface area contributed by atoms with Gasteiger partial charge in [0.2, 0.25) is 5.91 Å². The van der Waals surface area contributed by atoms with Crippen LogP contribution >= 0.6 is 35.0 Å². The molecule has 0 saturated carbocycles. The van der Waals surface area contributed by atoms with Gasteiger partial charge in [-0.25, -0.2) is 0 Å². The maximum absolute atomic E-state index is 12.8. The predicted molar refractivity (Wildman–Crippen MR) is 133 cm³/mol. The molecular weight excluding hydrogens is 481 g/mol. The van der Waals surface area contributed by atoms with Crippen molar-refractivity contribution in [2.45, 2.75) is 32.0 Å². The van der Waals surface area contributed by atoms with Crippen LogP contribution in [0.4, 0.5) is 5.69 Å². The molecule has 0 aliphatic heterocycles. The topological polar surface area (TPSA) is 88.9 Å². The van der Waals surface area contributed by atoms with E-state index in [1.54, 1.807) is 28.8 Å². The second-order valence-corrected chi connectivity index (χ2v) is 9.63. The van der Waals surface area contributed by atoms with Crippen LogP contribution in [-0.4, -0.2) is 32.3 Å². The van der Waals surface area contributed by atoms with Crippen LogP contribution in [0.2, 0.25) is 10.0 Å². The number of aryl methyl sites for hydroxylation is 1. The van der Waals surface area contributed by atoms with E-state index in [0.717, 1.165) is 5.56 Å². The van der Waals surface area contributed by atoms with Crippen molar-refractivity contribution in [2.75, 3.05) is 11.1 Å². The van der Waals surface area contributed by atoms with Crippen molar-refractivity contribution in [1.29, 1.82) is 0 Å². The van der Waals surface area contributed by atoms with Crippen LogP contribution in [0.1, 0.15) is 41.6 Å². The molecule has 0 fully saturated rings. The summed E-state index contributed by atoms with van der Waals surface area (Å²) in [6.45, 7) is 5.95. The number of hydrogen-bond donors (Lipinski definition) is 2. The van der Waals surface area contributed by atoms with E-state index in [-0.39, 0.29) is 29.5 Å². The number of carbonyl (C=O) groups is 2. The van der Waals surface area contributed by atoms with Crippen LogP contribution < -0.4 is 10.6 Å². The van der Waals surface area contributed by atoms with Crippen LogP contribution in [0.25, 0.3) is 0 Å². The van der Waals surface area contributed by atoms with E-state index in [9.17, 15) is 9.59 Å². The van der Waals surface area contributed by atoms with Crippen molar-refractivity contribution in [3.63, 3.8) is 0 Å². The SMILES string of the molecule is Cc1cccc(C(=O)N[C@H](c2nnc(SCC(=O)Nc3cccc(Cl)c3Cl)n2C)C(C)C)c1. The van der Waals surface area contributed by atoms with E-state index in [1.807, 2.05) is 46.0 Å². The maximum Gasteiger partial charge on any atom is 0.251 e. The third-order valence-corrected chi connectivity index (χ3v) is 6.78. The van der Waals surface area contributed by atoms with Crippen molar-refractivity contribution in [2.24, 2.45) is 13.0 Å². The Hall–Kier alpha value is -2.55. The van der Waals surface area contributed by atoms with E-state index < -0.39 is 0 Å². The van der Waals surface area contributed by atoms with Gasteiger partial charge >= 0.3 is 0 Å². The lowest BCUT2D eigenvalue weighted by molar-refractivity contribution is -0.113. The number of benzene rings is 2. The van der Waals surface area contributed by atoms with Gasteiger partial charge in [0.1, 0.15) is 0 Å². The summed E-state index contributed by atoms with van der Waals surface area (Å²) in [4.78, 5) is 25.2. The Balaban J connectivity index is 1.68. The standard InChI is InChI=1S/C23H25Cl2N5O2S/c1-13(2)20(27-22(32)15-8-5-7-14(3)11-15)21-28-29-23(30(21)4)33-12-18(31)26-17-10-6-9-16(24)19(17)25/h5-11,13,20H,12H2,1-4H3,(H,26,31)(H,27,32)/t20-/m0/s1. The van der Waals surface area contributed by atoms with Gasteiger partial charge in [-0.1, -0.05) is 72.6 Å². The highest BCUT2D eigenvalue weighted by molar-refractivity contribution is 7.99. The molecule has 0 saturated heterocycles. The van der Waals surface area contributed by atoms with Crippen molar-refractivity contribution >= 4 is 52.5 Å². The second-order valence-electron chi connectivity index (χ2n) is 7.90. The first-order valence-corrected chi connectivity index (χ1v) is 12.0. The van der Waals surface area contributed by atoms with Gasteiger partial charge < -0.3 is 15.2 Å². The Labute approximate surface area is 207 Å². The zero-order chi connectivity index (χ0) is 24.1. The maximum atomic E-state index is 12.8. The molecule has 0 bridgehead atoms. The molecule has 2 amide bonds. The van der Waals surface area contributed by atoms with Crippen LogP contribution in [0.5, 0.6) is 0 Å². The van der Waals surface area contributed by atoms with E-state index in [1.165, 1.54) is 11.8 Å².